The molecule has 1 unspecified atom stereocenters. The number of aryl methyl sites for hydroxylation is 1. The van der Waals surface area contributed by atoms with Gasteiger partial charge in [0.1, 0.15) is 0 Å². The molecule has 1 aromatic rings. The number of hydrogen-bond acceptors (Lipinski definition) is 2. The topological polar surface area (TPSA) is 32.3 Å². The average Bonchev–Trinajstić information content (AvgIpc) is 2.81. The standard InChI is InChI=1S/C15H22N2O/c1-3-10-17-11-6-9-14(17)15(18)16-13-8-5-4-7-12(13)2/h4-5,7-8,14H,3,6,9-11H2,1-2H3,(H,16,18). The van der Waals surface area contributed by atoms with Crippen LogP contribution in [0.15, 0.2) is 24.3 Å². The van der Waals surface area contributed by atoms with E-state index in [0.717, 1.165) is 43.6 Å². The van der Waals surface area contributed by atoms with Gasteiger partial charge in [-0.25, -0.2) is 0 Å². The van der Waals surface area contributed by atoms with Crippen molar-refractivity contribution < 1.29 is 4.79 Å². The van der Waals surface area contributed by atoms with E-state index in [4.69, 9.17) is 0 Å². The summed E-state index contributed by atoms with van der Waals surface area (Å²) in [5, 5.41) is 3.06. The Morgan fingerprint density at radius 2 is 2.22 bits per heavy atom. The van der Waals surface area contributed by atoms with Crippen molar-refractivity contribution in [1.82, 2.24) is 4.90 Å². The van der Waals surface area contributed by atoms with Gasteiger partial charge >= 0.3 is 0 Å². The minimum absolute atomic E-state index is 0.0598. The molecule has 0 spiro atoms. The number of benzene rings is 1. The highest BCUT2D eigenvalue weighted by Crippen LogP contribution is 2.20. The van der Waals surface area contributed by atoms with Crippen LogP contribution in [0, 0.1) is 6.92 Å². The van der Waals surface area contributed by atoms with Crippen LogP contribution >= 0.6 is 0 Å². The molecule has 3 heteroatoms. The van der Waals surface area contributed by atoms with Gasteiger partial charge in [-0.3, -0.25) is 9.69 Å². The lowest BCUT2D eigenvalue weighted by Gasteiger charge is -2.23. The van der Waals surface area contributed by atoms with Crippen LogP contribution in [0.3, 0.4) is 0 Å². The number of anilines is 1. The minimum Gasteiger partial charge on any atom is -0.324 e. The maximum atomic E-state index is 12.3. The van der Waals surface area contributed by atoms with E-state index in [1.807, 2.05) is 31.2 Å². The first-order valence-corrected chi connectivity index (χ1v) is 6.83. The molecule has 18 heavy (non-hydrogen) atoms. The summed E-state index contributed by atoms with van der Waals surface area (Å²) in [4.78, 5) is 14.6. The SMILES string of the molecule is CCCN1CCCC1C(=O)Nc1ccccc1C. The van der Waals surface area contributed by atoms with Crippen molar-refractivity contribution in [1.29, 1.82) is 0 Å². The Balaban J connectivity index is 2.01. The summed E-state index contributed by atoms with van der Waals surface area (Å²) < 4.78 is 0. The normalized spacial score (nSPS) is 20.0. The fourth-order valence-electron chi connectivity index (χ4n) is 2.61. The molecule has 1 aliphatic heterocycles. The summed E-state index contributed by atoms with van der Waals surface area (Å²) in [6.45, 7) is 6.26. The van der Waals surface area contributed by atoms with E-state index < -0.39 is 0 Å². The van der Waals surface area contributed by atoms with E-state index in [-0.39, 0.29) is 11.9 Å². The van der Waals surface area contributed by atoms with E-state index in [0.29, 0.717) is 0 Å². The van der Waals surface area contributed by atoms with Crippen molar-refractivity contribution in [3.05, 3.63) is 29.8 Å². The van der Waals surface area contributed by atoms with Gasteiger partial charge in [0.15, 0.2) is 0 Å². The van der Waals surface area contributed by atoms with Gasteiger partial charge in [-0.1, -0.05) is 25.1 Å². The first-order valence-electron chi connectivity index (χ1n) is 6.83. The van der Waals surface area contributed by atoms with E-state index in [1.165, 1.54) is 0 Å². The van der Waals surface area contributed by atoms with Crippen LogP contribution in [0.1, 0.15) is 31.7 Å². The van der Waals surface area contributed by atoms with Gasteiger partial charge in [-0.2, -0.15) is 0 Å². The summed E-state index contributed by atoms with van der Waals surface area (Å²) in [5.74, 6) is 0.148. The Kier molecular flexibility index (Phi) is 4.37. The maximum absolute atomic E-state index is 12.3. The third-order valence-corrected chi connectivity index (χ3v) is 3.58. The number of hydrogen-bond donors (Lipinski definition) is 1. The molecule has 0 aliphatic carbocycles. The average molecular weight is 246 g/mol. The first kappa shape index (κ1) is 13.1. The number of likely N-dealkylation sites (tertiary alicyclic amines) is 1. The summed E-state index contributed by atoms with van der Waals surface area (Å²) in [5.41, 5.74) is 2.05. The zero-order chi connectivity index (χ0) is 13.0. The van der Waals surface area contributed by atoms with Gasteiger partial charge in [-0.05, 0) is 50.9 Å². The van der Waals surface area contributed by atoms with Crippen LogP contribution in [0.4, 0.5) is 5.69 Å². The highest BCUT2D eigenvalue weighted by molar-refractivity contribution is 5.95. The Morgan fingerprint density at radius 3 is 2.94 bits per heavy atom. The molecule has 1 fully saturated rings. The van der Waals surface area contributed by atoms with Crippen molar-refractivity contribution >= 4 is 11.6 Å². The third kappa shape index (κ3) is 2.91. The molecule has 0 saturated carbocycles. The zero-order valence-corrected chi connectivity index (χ0v) is 11.3. The van der Waals surface area contributed by atoms with Gasteiger partial charge < -0.3 is 5.32 Å². The Hall–Kier alpha value is -1.35. The lowest BCUT2D eigenvalue weighted by atomic mass is 10.1. The second-order valence-electron chi connectivity index (χ2n) is 5.00. The number of carbonyl (C=O) groups is 1. The largest absolute Gasteiger partial charge is 0.324 e. The van der Waals surface area contributed by atoms with E-state index in [9.17, 15) is 4.79 Å². The number of para-hydroxylation sites is 1. The van der Waals surface area contributed by atoms with Crippen LogP contribution in [0.25, 0.3) is 0 Å². The Bertz CT molecular complexity index is 417. The van der Waals surface area contributed by atoms with Gasteiger partial charge in [0.2, 0.25) is 5.91 Å². The molecular weight excluding hydrogens is 224 g/mol. The molecule has 2 rings (SSSR count). The second kappa shape index (κ2) is 6.01. The second-order valence-corrected chi connectivity index (χ2v) is 5.00. The van der Waals surface area contributed by atoms with E-state index in [1.54, 1.807) is 0 Å². The number of nitrogens with zero attached hydrogens (tertiary/aromatic N) is 1. The fraction of sp³-hybridized carbons (Fsp3) is 0.533. The molecule has 1 aliphatic rings. The van der Waals surface area contributed by atoms with Crippen molar-refractivity contribution in [2.75, 3.05) is 18.4 Å². The molecule has 1 saturated heterocycles. The van der Waals surface area contributed by atoms with Crippen LogP contribution in [0.2, 0.25) is 0 Å². The predicted molar refractivity (Wildman–Crippen MR) is 74.7 cm³/mol. The van der Waals surface area contributed by atoms with E-state index in [2.05, 4.69) is 17.1 Å². The quantitative estimate of drug-likeness (QED) is 0.886. The first-order chi connectivity index (χ1) is 8.72. The maximum Gasteiger partial charge on any atom is 0.241 e. The number of carbonyl (C=O) groups excluding carboxylic acids is 1. The van der Waals surface area contributed by atoms with Crippen molar-refractivity contribution in [2.24, 2.45) is 0 Å². The summed E-state index contributed by atoms with van der Waals surface area (Å²) in [6.07, 6.45) is 3.22. The number of rotatable bonds is 4. The zero-order valence-electron chi connectivity index (χ0n) is 11.3. The Morgan fingerprint density at radius 1 is 1.44 bits per heavy atom. The fourth-order valence-corrected chi connectivity index (χ4v) is 2.61. The van der Waals surface area contributed by atoms with Crippen molar-refractivity contribution in [3.63, 3.8) is 0 Å². The number of nitrogens with one attached hydrogen (secondary N) is 1. The lowest BCUT2D eigenvalue weighted by molar-refractivity contribution is -0.120. The van der Waals surface area contributed by atoms with Crippen LogP contribution in [-0.2, 0) is 4.79 Å². The summed E-state index contributed by atoms with van der Waals surface area (Å²) in [6, 6.07) is 8.00. The summed E-state index contributed by atoms with van der Waals surface area (Å²) >= 11 is 0. The molecule has 1 amide bonds. The van der Waals surface area contributed by atoms with Crippen molar-refractivity contribution in [2.45, 2.75) is 39.2 Å². The molecule has 0 bridgehead atoms. The summed E-state index contributed by atoms with van der Waals surface area (Å²) in [7, 11) is 0. The molecule has 1 heterocycles. The smallest absolute Gasteiger partial charge is 0.241 e. The molecule has 1 atom stereocenters. The van der Waals surface area contributed by atoms with Crippen molar-refractivity contribution in [3.8, 4) is 0 Å². The van der Waals surface area contributed by atoms with Gasteiger partial charge in [0.05, 0.1) is 6.04 Å². The molecule has 1 N–H and O–H groups in total. The Labute approximate surface area is 109 Å². The highest BCUT2D eigenvalue weighted by atomic mass is 16.2. The molecular formula is C15H22N2O. The van der Waals surface area contributed by atoms with Gasteiger partial charge in [-0.15, -0.1) is 0 Å². The third-order valence-electron chi connectivity index (χ3n) is 3.58. The van der Waals surface area contributed by atoms with Crippen LogP contribution in [0.5, 0.6) is 0 Å². The predicted octanol–water partition coefficient (Wildman–Crippen LogP) is 2.81. The van der Waals surface area contributed by atoms with Crippen LogP contribution < -0.4 is 5.32 Å². The van der Waals surface area contributed by atoms with Crippen LogP contribution in [-0.4, -0.2) is 29.9 Å². The van der Waals surface area contributed by atoms with Gasteiger partial charge in [0.25, 0.3) is 0 Å². The number of amides is 1. The molecule has 3 nitrogen and oxygen atoms in total. The molecule has 0 aromatic heterocycles. The minimum atomic E-state index is 0.0598. The van der Waals surface area contributed by atoms with Gasteiger partial charge in [0, 0.05) is 5.69 Å². The lowest BCUT2D eigenvalue weighted by Crippen LogP contribution is -2.40. The molecule has 98 valence electrons. The molecule has 1 aromatic carbocycles. The highest BCUT2D eigenvalue weighted by Gasteiger charge is 2.29. The monoisotopic (exact) mass is 246 g/mol. The van der Waals surface area contributed by atoms with E-state index >= 15 is 0 Å². The molecule has 0 radical (unpaired) electrons.